The van der Waals surface area contributed by atoms with Crippen molar-refractivity contribution in [2.45, 2.75) is 65.7 Å². The fourth-order valence-electron chi connectivity index (χ4n) is 8.22. The minimum absolute atomic E-state index is 0.166. The van der Waals surface area contributed by atoms with Gasteiger partial charge in [0.15, 0.2) is 0 Å². The zero-order valence-corrected chi connectivity index (χ0v) is 38.6. The van der Waals surface area contributed by atoms with E-state index in [4.69, 9.17) is 35.7 Å². The largest absolute Gasteiger partial charge is 0.499 e. The van der Waals surface area contributed by atoms with Crippen molar-refractivity contribution in [1.29, 1.82) is 0 Å². The number of hydrogen-bond donors (Lipinski definition) is 4. The van der Waals surface area contributed by atoms with Crippen LogP contribution in [-0.4, -0.2) is 147 Å². The minimum Gasteiger partial charge on any atom is -0.499 e. The van der Waals surface area contributed by atoms with Crippen LogP contribution in [0.1, 0.15) is 67.2 Å². The van der Waals surface area contributed by atoms with Gasteiger partial charge in [0.1, 0.15) is 39.7 Å². The number of aliphatic imine (C=N–C) groups is 1. The van der Waals surface area contributed by atoms with Crippen LogP contribution < -0.4 is 26.8 Å². The first-order valence-corrected chi connectivity index (χ1v) is 22.5. The number of thiazole rings is 1. The highest BCUT2D eigenvalue weighted by Crippen LogP contribution is 2.33. The van der Waals surface area contributed by atoms with Gasteiger partial charge < -0.3 is 40.0 Å². The number of carbonyl (C=O) groups is 5. The molecule has 1 fully saturated rings. The molecule has 0 saturated carbocycles. The number of imidazole rings is 1. The highest BCUT2D eigenvalue weighted by Gasteiger charge is 2.41. The molecule has 0 radical (unpaired) electrons. The summed E-state index contributed by atoms with van der Waals surface area (Å²) < 4.78 is 20.4. The van der Waals surface area contributed by atoms with Crippen LogP contribution in [0.2, 0.25) is 0 Å². The first-order chi connectivity index (χ1) is 31.7. The van der Waals surface area contributed by atoms with Gasteiger partial charge in [0, 0.05) is 63.5 Å². The number of hydrogen-bond acceptors (Lipinski definition) is 15. The van der Waals surface area contributed by atoms with E-state index in [1.807, 2.05) is 44.7 Å². The van der Waals surface area contributed by atoms with E-state index in [2.05, 4.69) is 25.6 Å². The second-order valence-corrected chi connectivity index (χ2v) is 17.0. The van der Waals surface area contributed by atoms with Crippen molar-refractivity contribution in [2.24, 2.45) is 16.5 Å². The number of allylic oxidation sites excluding steroid dienone is 1. The number of guanidine groups is 1. The quantitative estimate of drug-likeness (QED) is 0.0879. The van der Waals surface area contributed by atoms with Crippen molar-refractivity contribution in [3.05, 3.63) is 86.4 Å². The van der Waals surface area contributed by atoms with Crippen LogP contribution in [0.3, 0.4) is 0 Å². The first kappa shape index (κ1) is 46.9. The number of aryl methyl sites for hydroxylation is 4. The Balaban J connectivity index is 1.18. The number of aromatic nitrogens is 5. The van der Waals surface area contributed by atoms with Gasteiger partial charge in [0.2, 0.25) is 23.7 Å². The molecule has 7 rings (SSSR count). The number of piperazine rings is 1. The number of nitrogens with zero attached hydrogens (tertiary/aromatic N) is 9. The lowest BCUT2D eigenvalue weighted by Crippen LogP contribution is -2.48. The van der Waals surface area contributed by atoms with Gasteiger partial charge in [-0.3, -0.25) is 39.4 Å². The topological polar surface area (TPSA) is 260 Å². The molecule has 5 heterocycles. The van der Waals surface area contributed by atoms with E-state index >= 15 is 0 Å². The Bertz CT molecular complexity index is 2650. The van der Waals surface area contributed by atoms with E-state index in [9.17, 15) is 24.0 Å². The number of benzene rings is 1. The Morgan fingerprint density at radius 1 is 0.939 bits per heavy atom. The Kier molecular flexibility index (Phi) is 14.5. The molecule has 0 spiro atoms. The lowest BCUT2D eigenvalue weighted by molar-refractivity contribution is -0.114. The van der Waals surface area contributed by atoms with Crippen LogP contribution in [0.4, 0.5) is 10.7 Å². The summed E-state index contributed by atoms with van der Waals surface area (Å²) in [4.78, 5) is 84.9. The number of amides is 5. The number of nitrogens with one attached hydrogen (secondary N) is 2. The summed E-state index contributed by atoms with van der Waals surface area (Å²) in [5.41, 5.74) is 14.5. The second-order valence-electron chi connectivity index (χ2n) is 15.8. The molecule has 0 bridgehead atoms. The maximum atomic E-state index is 13.9. The van der Waals surface area contributed by atoms with Gasteiger partial charge in [-0.2, -0.15) is 5.10 Å². The maximum absolute atomic E-state index is 13.9. The molecule has 350 valence electrons. The molecule has 5 amide bonds. The highest BCUT2D eigenvalue weighted by atomic mass is 32.1. The Morgan fingerprint density at radius 2 is 1.70 bits per heavy atom. The fraction of sp³-hybridized carbons (Fsp3) is 0.432. The van der Waals surface area contributed by atoms with Crippen LogP contribution in [0, 0.1) is 13.8 Å². The summed E-state index contributed by atoms with van der Waals surface area (Å²) in [5, 5.41) is 11.1. The van der Waals surface area contributed by atoms with Crippen LogP contribution in [0.25, 0.3) is 11.0 Å². The van der Waals surface area contributed by atoms with Gasteiger partial charge in [-0.15, -0.1) is 11.3 Å². The first-order valence-electron chi connectivity index (χ1n) is 21.7. The zero-order chi connectivity index (χ0) is 47.2. The Morgan fingerprint density at radius 3 is 2.38 bits per heavy atom. The number of fused-ring (bicyclic) bond motifs is 2. The third kappa shape index (κ3) is 10.1. The molecule has 1 saturated heterocycles. The summed E-state index contributed by atoms with van der Waals surface area (Å²) in [7, 11) is 2.87. The predicted molar refractivity (Wildman–Crippen MR) is 246 cm³/mol. The number of carbonyl (C=O) groups excluding carboxylic acids is 5. The number of rotatable bonds is 17. The molecule has 6 N–H and O–H groups in total. The van der Waals surface area contributed by atoms with Gasteiger partial charge in [0.25, 0.3) is 11.8 Å². The molecule has 21 nitrogen and oxygen atoms in total. The van der Waals surface area contributed by atoms with Gasteiger partial charge >= 0.3 is 6.09 Å². The van der Waals surface area contributed by atoms with E-state index in [-0.39, 0.29) is 54.7 Å². The summed E-state index contributed by atoms with van der Waals surface area (Å²) in [5.74, 6) is -0.900. The molecule has 2 unspecified atom stereocenters. The number of methoxy groups -OCH3 is 2. The van der Waals surface area contributed by atoms with E-state index in [0.717, 1.165) is 5.01 Å². The van der Waals surface area contributed by atoms with E-state index < -0.39 is 29.8 Å². The highest BCUT2D eigenvalue weighted by molar-refractivity contribution is 7.13. The monoisotopic (exact) mass is 925 g/mol. The van der Waals surface area contributed by atoms with Crippen molar-refractivity contribution in [2.75, 3.05) is 65.4 Å². The molecule has 2 atom stereocenters. The van der Waals surface area contributed by atoms with Crippen LogP contribution in [-0.2, 0) is 33.8 Å². The summed E-state index contributed by atoms with van der Waals surface area (Å²) in [6, 6.07) is 3.70. The molecule has 1 aromatic carbocycles. The number of nitrogens with two attached hydrogens (primary N) is 2. The summed E-state index contributed by atoms with van der Waals surface area (Å²) in [6.07, 6.45) is 7.82. The zero-order valence-electron chi connectivity index (χ0n) is 37.8. The molecule has 3 aromatic heterocycles. The number of primary amides is 2. The maximum Gasteiger partial charge on any atom is 0.409 e. The SMILES string of the molecule is CCc1nc(C)sc1C(=O)Nc1nc2cc(C(N)=O)cc(OCCCN3CCN(C(=O)OC)CC3)c2n1C/C=C/CN1C(NC(=O)c2cc(C)nn2CC)=NC2C=C(C(N)=O)C=C(OC)C21. The molecule has 22 heteroatoms. The second kappa shape index (κ2) is 20.4. The van der Waals surface area contributed by atoms with E-state index in [0.29, 0.717) is 96.6 Å². The average Bonchev–Trinajstić information content (AvgIpc) is 4.07. The molecule has 2 aliphatic heterocycles. The third-order valence-corrected chi connectivity index (χ3v) is 12.4. The number of anilines is 1. The molecular weight excluding hydrogens is 871 g/mol. The summed E-state index contributed by atoms with van der Waals surface area (Å²) >= 11 is 1.29. The van der Waals surface area contributed by atoms with Crippen molar-refractivity contribution >= 4 is 64.0 Å². The van der Waals surface area contributed by atoms with Crippen LogP contribution >= 0.6 is 11.3 Å². The molecule has 1 aliphatic carbocycles. The lowest BCUT2D eigenvalue weighted by Gasteiger charge is -2.33. The molecule has 3 aliphatic rings. The molecule has 4 aromatic rings. The van der Waals surface area contributed by atoms with Crippen molar-refractivity contribution in [3.63, 3.8) is 0 Å². The standard InChI is InChI=1S/C44H55N13O8S/c1-7-29-37(66-26(4)47-29)41(61)51-43-49-31-22-28(39(46)59)24-34(65-19-11-12-53-15-17-54(18-16-53)44(62)64-6)36(31)56(43)14-10-9-13-55-35-30(21-27(38(45)58)23-33(35)63-5)48-42(55)50-40(60)32-20-25(3)52-57(32)8-2/h9-10,20-24,30,35H,7-8,11-19H2,1-6H3,(H2,45,58)(H2,46,59)(H,48,50,60)(H,49,51,61)/b10-9+. The average molecular weight is 926 g/mol. The molecule has 66 heavy (non-hydrogen) atoms. The van der Waals surface area contributed by atoms with Gasteiger partial charge in [-0.05, 0) is 64.0 Å². The van der Waals surface area contributed by atoms with Crippen LogP contribution in [0.15, 0.2) is 58.8 Å². The number of ether oxygens (including phenoxy) is 3. The van der Waals surface area contributed by atoms with Crippen molar-refractivity contribution in [3.8, 4) is 5.75 Å². The van der Waals surface area contributed by atoms with E-state index in [1.165, 1.54) is 25.6 Å². The Labute approximate surface area is 385 Å². The van der Waals surface area contributed by atoms with Crippen molar-refractivity contribution in [1.82, 2.24) is 44.3 Å². The Hall–Kier alpha value is -7.07. The van der Waals surface area contributed by atoms with E-state index in [1.54, 1.807) is 44.5 Å². The smallest absolute Gasteiger partial charge is 0.409 e. The fourth-order valence-corrected chi connectivity index (χ4v) is 9.12. The summed E-state index contributed by atoms with van der Waals surface area (Å²) in [6.45, 7) is 11.8. The van der Waals surface area contributed by atoms with Crippen molar-refractivity contribution < 1.29 is 38.2 Å². The minimum atomic E-state index is -0.675. The van der Waals surface area contributed by atoms with Gasteiger partial charge in [0.05, 0.1) is 42.7 Å². The lowest BCUT2D eigenvalue weighted by atomic mass is 9.96. The van der Waals surface area contributed by atoms with Gasteiger partial charge in [-0.25, -0.2) is 19.8 Å². The third-order valence-electron chi connectivity index (χ3n) is 11.4. The van der Waals surface area contributed by atoms with Gasteiger partial charge in [-0.1, -0.05) is 19.1 Å². The molecular formula is C44H55N13O8S. The van der Waals surface area contributed by atoms with Crippen LogP contribution in [0.5, 0.6) is 5.75 Å². The normalized spacial score (nSPS) is 17.3. The predicted octanol–water partition coefficient (Wildman–Crippen LogP) is 2.74.